The maximum absolute atomic E-state index is 11.3. The standard InChI is InChI=1S/C15H22O3/c1-3-5-6-12-17-15(16)18-14-10-8-13(7-4-2)9-11-14/h8-11H,3-7,12H2,1-2H3. The van der Waals surface area contributed by atoms with Crippen molar-refractivity contribution in [3.8, 4) is 5.75 Å². The third kappa shape index (κ3) is 5.71. The van der Waals surface area contributed by atoms with E-state index in [0.717, 1.165) is 32.1 Å². The summed E-state index contributed by atoms with van der Waals surface area (Å²) in [6, 6.07) is 7.56. The summed E-state index contributed by atoms with van der Waals surface area (Å²) >= 11 is 0. The number of aryl methyl sites for hydroxylation is 1. The Labute approximate surface area is 109 Å². The highest BCUT2D eigenvalue weighted by molar-refractivity contribution is 5.63. The molecule has 0 heterocycles. The van der Waals surface area contributed by atoms with Gasteiger partial charge in [0.15, 0.2) is 0 Å². The van der Waals surface area contributed by atoms with E-state index in [1.54, 1.807) is 12.1 Å². The maximum Gasteiger partial charge on any atom is 0.513 e. The quantitative estimate of drug-likeness (QED) is 0.410. The van der Waals surface area contributed by atoms with Gasteiger partial charge in [-0.2, -0.15) is 0 Å². The van der Waals surface area contributed by atoms with E-state index in [0.29, 0.717) is 12.4 Å². The molecular formula is C15H22O3. The van der Waals surface area contributed by atoms with Crippen LogP contribution >= 0.6 is 0 Å². The molecule has 0 aromatic heterocycles. The molecular weight excluding hydrogens is 228 g/mol. The summed E-state index contributed by atoms with van der Waals surface area (Å²) in [7, 11) is 0. The SMILES string of the molecule is CCCCCOC(=O)Oc1ccc(CCC)cc1. The maximum atomic E-state index is 11.3. The molecule has 0 bridgehead atoms. The lowest BCUT2D eigenvalue weighted by atomic mass is 10.1. The van der Waals surface area contributed by atoms with Crippen LogP contribution in [-0.4, -0.2) is 12.8 Å². The van der Waals surface area contributed by atoms with Crippen LogP contribution in [0.1, 0.15) is 45.1 Å². The molecule has 3 heteroatoms. The van der Waals surface area contributed by atoms with Gasteiger partial charge < -0.3 is 9.47 Å². The lowest BCUT2D eigenvalue weighted by molar-refractivity contribution is 0.0974. The van der Waals surface area contributed by atoms with Crippen LogP contribution in [0.15, 0.2) is 24.3 Å². The van der Waals surface area contributed by atoms with Gasteiger partial charge in [0.25, 0.3) is 0 Å². The van der Waals surface area contributed by atoms with Crippen molar-refractivity contribution in [3.63, 3.8) is 0 Å². The molecule has 0 fully saturated rings. The van der Waals surface area contributed by atoms with Crippen LogP contribution in [0.4, 0.5) is 4.79 Å². The zero-order valence-electron chi connectivity index (χ0n) is 11.3. The van der Waals surface area contributed by atoms with Gasteiger partial charge in [0.05, 0.1) is 6.61 Å². The largest absolute Gasteiger partial charge is 0.513 e. The smallest absolute Gasteiger partial charge is 0.434 e. The predicted molar refractivity (Wildman–Crippen MR) is 71.9 cm³/mol. The molecule has 3 nitrogen and oxygen atoms in total. The van der Waals surface area contributed by atoms with Gasteiger partial charge in [0.2, 0.25) is 0 Å². The Morgan fingerprint density at radius 1 is 1.06 bits per heavy atom. The fourth-order valence-corrected chi connectivity index (χ4v) is 1.65. The third-order valence-electron chi connectivity index (χ3n) is 2.63. The van der Waals surface area contributed by atoms with Crippen LogP contribution in [0.2, 0.25) is 0 Å². The Bertz CT molecular complexity index is 343. The highest BCUT2D eigenvalue weighted by atomic mass is 16.7. The molecule has 0 radical (unpaired) electrons. The summed E-state index contributed by atoms with van der Waals surface area (Å²) in [6.07, 6.45) is 4.60. The van der Waals surface area contributed by atoms with Crippen LogP contribution in [0, 0.1) is 0 Å². The molecule has 1 aromatic rings. The number of ether oxygens (including phenoxy) is 2. The van der Waals surface area contributed by atoms with Crippen LogP contribution in [0.25, 0.3) is 0 Å². The Morgan fingerprint density at radius 3 is 2.39 bits per heavy atom. The highest BCUT2D eigenvalue weighted by Crippen LogP contribution is 2.14. The summed E-state index contributed by atoms with van der Waals surface area (Å²) in [5.41, 5.74) is 1.25. The van der Waals surface area contributed by atoms with Crippen molar-refractivity contribution in [2.24, 2.45) is 0 Å². The molecule has 1 aromatic carbocycles. The lowest BCUT2D eigenvalue weighted by Gasteiger charge is -2.06. The normalized spacial score (nSPS) is 10.1. The predicted octanol–water partition coefficient (Wildman–Crippen LogP) is 4.34. The van der Waals surface area contributed by atoms with Crippen LogP contribution in [-0.2, 0) is 11.2 Å². The van der Waals surface area contributed by atoms with E-state index in [-0.39, 0.29) is 0 Å². The van der Waals surface area contributed by atoms with E-state index in [2.05, 4.69) is 13.8 Å². The van der Waals surface area contributed by atoms with Crippen molar-refractivity contribution in [1.29, 1.82) is 0 Å². The number of rotatable bonds is 7. The zero-order valence-corrected chi connectivity index (χ0v) is 11.3. The van der Waals surface area contributed by atoms with Crippen LogP contribution < -0.4 is 4.74 Å². The van der Waals surface area contributed by atoms with E-state index in [4.69, 9.17) is 9.47 Å². The van der Waals surface area contributed by atoms with E-state index < -0.39 is 6.16 Å². The molecule has 0 aliphatic carbocycles. The van der Waals surface area contributed by atoms with E-state index in [9.17, 15) is 4.79 Å². The van der Waals surface area contributed by atoms with Crippen LogP contribution in [0.5, 0.6) is 5.75 Å². The van der Waals surface area contributed by atoms with Crippen molar-refractivity contribution in [1.82, 2.24) is 0 Å². The second kappa shape index (κ2) is 8.56. The van der Waals surface area contributed by atoms with Crippen molar-refractivity contribution in [3.05, 3.63) is 29.8 Å². The van der Waals surface area contributed by atoms with Gasteiger partial charge in [-0.15, -0.1) is 0 Å². The molecule has 0 aliphatic rings. The van der Waals surface area contributed by atoms with Crippen LogP contribution in [0.3, 0.4) is 0 Å². The average Bonchev–Trinajstić information content (AvgIpc) is 2.37. The summed E-state index contributed by atoms with van der Waals surface area (Å²) in [6.45, 7) is 4.68. The molecule has 1 rings (SSSR count). The Balaban J connectivity index is 2.30. The first kappa shape index (κ1) is 14.6. The fraction of sp³-hybridized carbons (Fsp3) is 0.533. The average molecular weight is 250 g/mol. The summed E-state index contributed by atoms with van der Waals surface area (Å²) in [4.78, 5) is 11.3. The molecule has 0 unspecified atom stereocenters. The minimum absolute atomic E-state index is 0.431. The van der Waals surface area contributed by atoms with Gasteiger partial charge in [-0.1, -0.05) is 45.2 Å². The second-order valence-electron chi connectivity index (χ2n) is 4.30. The topological polar surface area (TPSA) is 35.5 Å². The van der Waals surface area contributed by atoms with Crippen molar-refractivity contribution < 1.29 is 14.3 Å². The first-order chi connectivity index (χ1) is 8.76. The zero-order chi connectivity index (χ0) is 13.2. The Morgan fingerprint density at radius 2 is 1.78 bits per heavy atom. The van der Waals surface area contributed by atoms with Gasteiger partial charge in [0, 0.05) is 0 Å². The monoisotopic (exact) mass is 250 g/mol. The Kier molecular flexibility index (Phi) is 6.92. The van der Waals surface area contributed by atoms with Crippen molar-refractivity contribution in [2.45, 2.75) is 46.0 Å². The summed E-state index contributed by atoms with van der Waals surface area (Å²) < 4.78 is 10.0. The number of unbranched alkanes of at least 4 members (excludes halogenated alkanes) is 2. The molecule has 0 atom stereocenters. The molecule has 0 amide bonds. The molecule has 18 heavy (non-hydrogen) atoms. The van der Waals surface area contributed by atoms with Gasteiger partial charge in [-0.3, -0.25) is 0 Å². The molecule has 0 saturated carbocycles. The lowest BCUT2D eigenvalue weighted by Crippen LogP contribution is -2.11. The third-order valence-corrected chi connectivity index (χ3v) is 2.63. The summed E-state index contributed by atoms with van der Waals surface area (Å²) in [5.74, 6) is 0.537. The first-order valence-electron chi connectivity index (χ1n) is 6.69. The van der Waals surface area contributed by atoms with E-state index in [1.165, 1.54) is 5.56 Å². The number of carbonyl (C=O) groups is 1. The fourth-order valence-electron chi connectivity index (χ4n) is 1.65. The van der Waals surface area contributed by atoms with Gasteiger partial charge in [-0.25, -0.2) is 4.79 Å². The van der Waals surface area contributed by atoms with Gasteiger partial charge >= 0.3 is 6.16 Å². The minimum Gasteiger partial charge on any atom is -0.434 e. The van der Waals surface area contributed by atoms with Crippen molar-refractivity contribution in [2.75, 3.05) is 6.61 Å². The number of carbonyl (C=O) groups excluding carboxylic acids is 1. The summed E-state index contributed by atoms with van der Waals surface area (Å²) in [5, 5.41) is 0. The number of hydrogen-bond donors (Lipinski definition) is 0. The molecule has 100 valence electrons. The number of hydrogen-bond acceptors (Lipinski definition) is 3. The molecule has 0 spiro atoms. The van der Waals surface area contributed by atoms with E-state index in [1.807, 2.05) is 12.1 Å². The van der Waals surface area contributed by atoms with Gasteiger partial charge in [0.1, 0.15) is 5.75 Å². The second-order valence-corrected chi connectivity index (χ2v) is 4.30. The van der Waals surface area contributed by atoms with E-state index >= 15 is 0 Å². The minimum atomic E-state index is -0.616. The highest BCUT2D eigenvalue weighted by Gasteiger charge is 2.05. The number of benzene rings is 1. The van der Waals surface area contributed by atoms with Gasteiger partial charge in [-0.05, 0) is 30.5 Å². The first-order valence-corrected chi connectivity index (χ1v) is 6.69. The van der Waals surface area contributed by atoms with Crippen molar-refractivity contribution >= 4 is 6.16 Å². The molecule has 0 N–H and O–H groups in total. The molecule has 0 aliphatic heterocycles. The molecule has 0 saturated heterocycles. The Hall–Kier alpha value is -1.51.